The highest BCUT2D eigenvalue weighted by atomic mass is 79.9. The summed E-state index contributed by atoms with van der Waals surface area (Å²) in [5.74, 6) is -7.27. The zero-order valence-electron chi connectivity index (χ0n) is 33.1. The topological polar surface area (TPSA) is 204 Å². The molecule has 0 aromatic heterocycles. The van der Waals surface area contributed by atoms with Gasteiger partial charge in [0.05, 0.1) is 36.0 Å². The second-order valence-electron chi connectivity index (χ2n) is 16.9. The van der Waals surface area contributed by atoms with E-state index in [1.807, 2.05) is 0 Å². The number of esters is 6. The largest absolute Gasteiger partial charge is 0.464 e. The van der Waals surface area contributed by atoms with Gasteiger partial charge in [0, 0.05) is 0 Å². The maximum absolute atomic E-state index is 13.8. The first-order chi connectivity index (χ1) is 25.4. The molecule has 5 unspecified atom stereocenters. The number of ether oxygens (including phenoxy) is 7. The van der Waals surface area contributed by atoms with Crippen molar-refractivity contribution in [3.05, 3.63) is 12.2 Å². The quantitative estimate of drug-likeness (QED) is 0.0631. The van der Waals surface area contributed by atoms with Crippen LogP contribution in [0.3, 0.4) is 0 Å². The zero-order valence-corrected chi connectivity index (χ0v) is 37.9. The van der Waals surface area contributed by atoms with E-state index >= 15 is 0 Å². The van der Waals surface area contributed by atoms with Crippen molar-refractivity contribution in [2.75, 3.05) is 46.2 Å². The molecular weight excluding hydrogens is 938 g/mol. The van der Waals surface area contributed by atoms with Gasteiger partial charge in [0.25, 0.3) is 0 Å². The summed E-state index contributed by atoms with van der Waals surface area (Å²) >= 11 is 9.59. The zero-order chi connectivity index (χ0) is 42.8. The maximum Gasteiger partial charge on any atom is 0.326 e. The van der Waals surface area contributed by atoms with Gasteiger partial charge in [0.2, 0.25) is 11.8 Å². The van der Waals surface area contributed by atoms with Gasteiger partial charge in [-0.25, -0.2) is 0 Å². The van der Waals surface area contributed by atoms with Crippen molar-refractivity contribution in [3.63, 3.8) is 0 Å². The summed E-state index contributed by atoms with van der Waals surface area (Å²) in [6.45, 7) is 11.2. The van der Waals surface area contributed by atoms with Gasteiger partial charge in [0.15, 0.2) is 4.32 Å². The molecule has 0 aliphatic carbocycles. The van der Waals surface area contributed by atoms with E-state index in [2.05, 4.69) is 47.8 Å². The van der Waals surface area contributed by atoms with Crippen LogP contribution in [0.1, 0.15) is 69.2 Å². The van der Waals surface area contributed by atoms with Gasteiger partial charge < -0.3 is 33.2 Å². The Bertz CT molecular complexity index is 1560. The number of fused-ring (bicyclic) bond motifs is 5. The first-order valence-electron chi connectivity index (χ1n) is 17.7. The molecule has 2 fully saturated rings. The lowest BCUT2D eigenvalue weighted by Crippen LogP contribution is -2.47. The molecule has 19 heteroatoms. The van der Waals surface area contributed by atoms with E-state index < -0.39 is 141 Å². The number of nitrogens with zero attached hydrogens (tertiary/aromatic N) is 1. The van der Waals surface area contributed by atoms with Crippen LogP contribution in [0.4, 0.5) is 0 Å². The fourth-order valence-corrected chi connectivity index (χ4v) is 5.81. The lowest BCUT2D eigenvalue weighted by Gasteiger charge is -2.32. The lowest BCUT2D eigenvalue weighted by atomic mass is 9.85. The molecule has 16 nitrogen and oxygen atoms in total. The van der Waals surface area contributed by atoms with Crippen LogP contribution >= 0.6 is 47.8 Å². The first-order valence-corrected chi connectivity index (χ1v) is 20.1. The van der Waals surface area contributed by atoms with Crippen molar-refractivity contribution >= 4 is 95.4 Å². The number of alkyl halides is 3. The SMILES string of the molecule is CC(C)(C)C(=O)OCC(C)(COC(=O)C(C)(C)Br)C(=O)OCC(C)(COC(=O)C(C)(Br)COC(=O)C(C)(C)Br)C(=O)OCCN1C(=O)[C@@H]2C3C=CC(O3)[C@@H]2C1=O. The van der Waals surface area contributed by atoms with E-state index in [4.69, 9.17) is 33.2 Å². The molecule has 0 radical (unpaired) electrons. The van der Waals surface area contributed by atoms with Crippen molar-refractivity contribution in [1.82, 2.24) is 4.90 Å². The normalized spacial score (nSPS) is 23.6. The molecule has 7 atom stereocenters. The van der Waals surface area contributed by atoms with Crippen LogP contribution in [0.15, 0.2) is 12.2 Å². The Morgan fingerprint density at radius 1 is 0.554 bits per heavy atom. The van der Waals surface area contributed by atoms with Gasteiger partial charge in [-0.2, -0.15) is 0 Å². The predicted molar refractivity (Wildman–Crippen MR) is 206 cm³/mol. The average molecular weight is 989 g/mol. The van der Waals surface area contributed by atoms with Crippen molar-refractivity contribution in [1.29, 1.82) is 0 Å². The first kappa shape index (κ1) is 47.5. The molecule has 3 aliphatic rings. The molecule has 3 heterocycles. The number of rotatable bonds is 18. The van der Waals surface area contributed by atoms with Crippen LogP contribution in [0.2, 0.25) is 0 Å². The summed E-state index contributed by atoms with van der Waals surface area (Å²) in [5, 5.41) is 0. The molecule has 0 aromatic carbocycles. The highest BCUT2D eigenvalue weighted by Gasteiger charge is 2.60. The summed E-state index contributed by atoms with van der Waals surface area (Å²) in [7, 11) is 0. The molecule has 56 heavy (non-hydrogen) atoms. The maximum atomic E-state index is 13.8. The molecule has 3 rings (SSSR count). The Labute approximate surface area is 351 Å². The van der Waals surface area contributed by atoms with E-state index in [0.717, 1.165) is 4.90 Å². The molecule has 2 amide bonds. The lowest BCUT2D eigenvalue weighted by molar-refractivity contribution is -0.180. The van der Waals surface area contributed by atoms with E-state index in [0.29, 0.717) is 0 Å². The molecule has 3 aliphatic heterocycles. The number of carbonyl (C=O) groups is 8. The third kappa shape index (κ3) is 11.4. The molecule has 2 saturated heterocycles. The number of carbonyl (C=O) groups excluding carboxylic acids is 8. The van der Waals surface area contributed by atoms with E-state index in [-0.39, 0.29) is 6.54 Å². The highest BCUT2D eigenvalue weighted by molar-refractivity contribution is 9.10. The van der Waals surface area contributed by atoms with E-state index in [1.165, 1.54) is 34.6 Å². The van der Waals surface area contributed by atoms with Gasteiger partial charge in [-0.3, -0.25) is 43.3 Å². The smallest absolute Gasteiger partial charge is 0.326 e. The number of amides is 2. The summed E-state index contributed by atoms with van der Waals surface area (Å²) in [6.07, 6.45) is 2.47. The Morgan fingerprint density at radius 3 is 1.32 bits per heavy atom. The molecule has 0 spiro atoms. The monoisotopic (exact) mass is 985 g/mol. The second-order valence-corrected chi connectivity index (χ2v) is 22.6. The summed E-state index contributed by atoms with van der Waals surface area (Å²) < 4.78 is 34.5. The van der Waals surface area contributed by atoms with Gasteiger partial charge in [-0.15, -0.1) is 0 Å². The molecule has 314 valence electrons. The van der Waals surface area contributed by atoms with Crippen LogP contribution in [-0.2, 0) is 71.5 Å². The number of imide groups is 1. The van der Waals surface area contributed by atoms with Gasteiger partial charge >= 0.3 is 35.8 Å². The number of hydrogen-bond acceptors (Lipinski definition) is 15. The van der Waals surface area contributed by atoms with Crippen LogP contribution in [0.5, 0.6) is 0 Å². The average Bonchev–Trinajstić information content (AvgIpc) is 3.78. The fourth-order valence-electron chi connectivity index (χ4n) is 5.35. The van der Waals surface area contributed by atoms with Crippen molar-refractivity contribution in [2.45, 2.75) is 94.4 Å². The number of likely N-dealkylation sites (tertiary alicyclic amines) is 1. The van der Waals surface area contributed by atoms with Crippen molar-refractivity contribution in [3.8, 4) is 0 Å². The summed E-state index contributed by atoms with van der Waals surface area (Å²) in [4.78, 5) is 105. The Kier molecular flexibility index (Phi) is 14.9. The van der Waals surface area contributed by atoms with Gasteiger partial charge in [0.1, 0.15) is 59.1 Å². The Balaban J connectivity index is 1.79. The van der Waals surface area contributed by atoms with Gasteiger partial charge in [-0.1, -0.05) is 59.9 Å². The summed E-state index contributed by atoms with van der Waals surface area (Å²) in [5.41, 5.74) is -4.62. The predicted octanol–water partition coefficient (Wildman–Crippen LogP) is 3.74. The minimum Gasteiger partial charge on any atom is -0.464 e. The fraction of sp³-hybridized carbons (Fsp3) is 0.730. The van der Waals surface area contributed by atoms with Crippen molar-refractivity contribution in [2.24, 2.45) is 28.1 Å². The third-order valence-corrected chi connectivity index (χ3v) is 10.3. The second kappa shape index (κ2) is 17.5. The van der Waals surface area contributed by atoms with Crippen LogP contribution in [-0.4, -0.2) is 124 Å². The molecule has 0 aromatic rings. The third-order valence-electron chi connectivity index (χ3n) is 9.11. The summed E-state index contributed by atoms with van der Waals surface area (Å²) in [6, 6.07) is 0. The number of hydrogen-bond donors (Lipinski definition) is 0. The molecule has 0 saturated carbocycles. The minimum absolute atomic E-state index is 0.271. The Morgan fingerprint density at radius 2 is 0.911 bits per heavy atom. The van der Waals surface area contributed by atoms with Crippen LogP contribution in [0.25, 0.3) is 0 Å². The van der Waals surface area contributed by atoms with E-state index in [1.54, 1.807) is 46.8 Å². The van der Waals surface area contributed by atoms with Gasteiger partial charge in [-0.05, 0) is 69.2 Å². The highest BCUT2D eigenvalue weighted by Crippen LogP contribution is 2.45. The molecular formula is C37H50Br3NO15. The van der Waals surface area contributed by atoms with Crippen molar-refractivity contribution < 1.29 is 71.5 Å². The molecule has 2 bridgehead atoms. The van der Waals surface area contributed by atoms with Crippen LogP contribution in [0, 0.1) is 28.1 Å². The standard InChI is InChI=1S/C37H50Br3NO15/c1-32(2,3)26(44)51-15-36(9,16-52-27(45)33(4,5)38)30(48)53-17-35(8,18-54-31(49)37(10,40)19-55-28(46)34(6,7)39)29(47)50-14-13-41-24(42)22-20-11-12-21(56-20)23(22)25(41)43/h11-12,20-23H,13-19H2,1-10H3/t20?,21?,22-,23+,35?,36?,37?. The van der Waals surface area contributed by atoms with Crippen LogP contribution < -0.4 is 0 Å². The molecule has 0 N–H and O–H groups in total. The number of halogens is 3. The minimum atomic E-state index is -1.91. The Hall–Kier alpha value is -2.90. The van der Waals surface area contributed by atoms with E-state index in [9.17, 15) is 38.4 Å².